The van der Waals surface area contributed by atoms with Crippen LogP contribution in [-0.2, 0) is 4.79 Å². The normalized spacial score (nSPS) is 28.4. The molecule has 2 N–H and O–H groups in total. The van der Waals surface area contributed by atoms with Gasteiger partial charge in [0.05, 0.1) is 0 Å². The lowest BCUT2D eigenvalue weighted by Gasteiger charge is -2.27. The van der Waals surface area contributed by atoms with Gasteiger partial charge in [-0.05, 0) is 45.7 Å². The van der Waals surface area contributed by atoms with Crippen LogP contribution in [0.15, 0.2) is 0 Å². The summed E-state index contributed by atoms with van der Waals surface area (Å²) in [5.41, 5.74) is 0. The first kappa shape index (κ1) is 13.8. The molecule has 2 rings (SSSR count). The van der Waals surface area contributed by atoms with Crippen molar-refractivity contribution in [2.24, 2.45) is 5.92 Å². The van der Waals surface area contributed by atoms with Gasteiger partial charge < -0.3 is 10.6 Å². The van der Waals surface area contributed by atoms with Gasteiger partial charge >= 0.3 is 0 Å². The monoisotopic (exact) mass is 253 g/mol. The Morgan fingerprint density at radius 3 is 2.78 bits per heavy atom. The smallest absolute Gasteiger partial charge is 0.223 e. The number of rotatable bonds is 6. The van der Waals surface area contributed by atoms with Crippen molar-refractivity contribution in [3.05, 3.63) is 0 Å². The fourth-order valence-corrected chi connectivity index (χ4v) is 2.88. The van der Waals surface area contributed by atoms with Gasteiger partial charge in [-0.25, -0.2) is 0 Å². The summed E-state index contributed by atoms with van der Waals surface area (Å²) in [6.07, 6.45) is 4.64. The molecular weight excluding hydrogens is 226 g/mol. The van der Waals surface area contributed by atoms with E-state index in [0.717, 1.165) is 45.1 Å². The van der Waals surface area contributed by atoms with Crippen LogP contribution in [0.3, 0.4) is 0 Å². The van der Waals surface area contributed by atoms with E-state index in [1.807, 2.05) is 0 Å². The molecule has 2 aliphatic rings. The van der Waals surface area contributed by atoms with Crippen molar-refractivity contribution in [1.82, 2.24) is 15.5 Å². The summed E-state index contributed by atoms with van der Waals surface area (Å²) < 4.78 is 0. The van der Waals surface area contributed by atoms with E-state index in [-0.39, 0.29) is 11.8 Å². The molecule has 2 fully saturated rings. The zero-order chi connectivity index (χ0) is 13.0. The highest BCUT2D eigenvalue weighted by Crippen LogP contribution is 2.25. The SMILES string of the molecule is CCN(CCNC(=O)[C@H]1CCN[C@@H](C)C1)C1CC1. The minimum absolute atomic E-state index is 0.220. The maximum Gasteiger partial charge on any atom is 0.223 e. The molecule has 0 unspecified atom stereocenters. The van der Waals surface area contributed by atoms with Gasteiger partial charge in [-0.1, -0.05) is 6.92 Å². The molecule has 0 radical (unpaired) electrons. The molecule has 1 heterocycles. The van der Waals surface area contributed by atoms with Crippen molar-refractivity contribution < 1.29 is 4.79 Å². The standard InChI is InChI=1S/C14H27N3O/c1-3-17(13-4-5-13)9-8-16-14(18)12-6-7-15-11(2)10-12/h11-13,15H,3-10H2,1-2H3,(H,16,18)/t11-,12-/m0/s1. The Kier molecular flexibility index (Phi) is 5.01. The zero-order valence-corrected chi connectivity index (χ0v) is 11.7. The van der Waals surface area contributed by atoms with E-state index in [0.29, 0.717) is 6.04 Å². The number of nitrogens with one attached hydrogen (secondary N) is 2. The van der Waals surface area contributed by atoms with Gasteiger partial charge in [-0.15, -0.1) is 0 Å². The largest absolute Gasteiger partial charge is 0.355 e. The van der Waals surface area contributed by atoms with E-state index in [9.17, 15) is 4.79 Å². The van der Waals surface area contributed by atoms with Crippen molar-refractivity contribution in [2.45, 2.75) is 51.6 Å². The second-order valence-corrected chi connectivity index (χ2v) is 5.73. The molecule has 18 heavy (non-hydrogen) atoms. The first-order valence-electron chi connectivity index (χ1n) is 7.45. The Hall–Kier alpha value is -0.610. The summed E-state index contributed by atoms with van der Waals surface area (Å²) in [4.78, 5) is 14.5. The third kappa shape index (κ3) is 3.95. The first-order valence-corrected chi connectivity index (χ1v) is 7.45. The minimum Gasteiger partial charge on any atom is -0.355 e. The number of carbonyl (C=O) groups is 1. The molecule has 0 spiro atoms. The fourth-order valence-electron chi connectivity index (χ4n) is 2.88. The topological polar surface area (TPSA) is 44.4 Å². The van der Waals surface area contributed by atoms with Crippen molar-refractivity contribution in [2.75, 3.05) is 26.2 Å². The van der Waals surface area contributed by atoms with Crippen LogP contribution in [0.5, 0.6) is 0 Å². The average Bonchev–Trinajstić information content (AvgIpc) is 3.18. The molecule has 1 saturated carbocycles. The summed E-state index contributed by atoms with van der Waals surface area (Å²) in [6.45, 7) is 8.25. The van der Waals surface area contributed by atoms with Crippen LogP contribution in [0.1, 0.15) is 39.5 Å². The zero-order valence-electron chi connectivity index (χ0n) is 11.7. The van der Waals surface area contributed by atoms with Crippen LogP contribution in [0.4, 0.5) is 0 Å². The molecule has 0 aromatic rings. The lowest BCUT2D eigenvalue weighted by molar-refractivity contribution is -0.126. The summed E-state index contributed by atoms with van der Waals surface area (Å²) in [6, 6.07) is 1.28. The molecule has 0 bridgehead atoms. The van der Waals surface area contributed by atoms with Crippen LogP contribution >= 0.6 is 0 Å². The van der Waals surface area contributed by atoms with Gasteiger partial charge in [0.2, 0.25) is 5.91 Å². The lowest BCUT2D eigenvalue weighted by Crippen LogP contribution is -2.44. The molecule has 104 valence electrons. The Morgan fingerprint density at radius 2 is 2.17 bits per heavy atom. The van der Waals surface area contributed by atoms with Gasteiger partial charge in [-0.3, -0.25) is 9.69 Å². The molecule has 1 aliphatic carbocycles. The van der Waals surface area contributed by atoms with E-state index >= 15 is 0 Å². The van der Waals surface area contributed by atoms with Crippen LogP contribution in [0, 0.1) is 5.92 Å². The molecule has 1 amide bonds. The molecule has 0 aromatic heterocycles. The predicted molar refractivity (Wildman–Crippen MR) is 73.5 cm³/mol. The van der Waals surface area contributed by atoms with Crippen LogP contribution < -0.4 is 10.6 Å². The number of hydrogen-bond donors (Lipinski definition) is 2. The van der Waals surface area contributed by atoms with Crippen LogP contribution in [0.25, 0.3) is 0 Å². The highest BCUT2D eigenvalue weighted by molar-refractivity contribution is 5.78. The van der Waals surface area contributed by atoms with Crippen molar-refractivity contribution >= 4 is 5.91 Å². The molecular formula is C14H27N3O. The molecule has 1 saturated heterocycles. The third-order valence-electron chi connectivity index (χ3n) is 4.16. The van der Waals surface area contributed by atoms with E-state index in [1.165, 1.54) is 12.8 Å². The summed E-state index contributed by atoms with van der Waals surface area (Å²) in [5, 5.41) is 6.50. The first-order chi connectivity index (χ1) is 8.70. The molecule has 0 aromatic carbocycles. The summed E-state index contributed by atoms with van der Waals surface area (Å²) in [7, 11) is 0. The van der Waals surface area contributed by atoms with Crippen molar-refractivity contribution in [1.29, 1.82) is 0 Å². The van der Waals surface area contributed by atoms with Crippen LogP contribution in [0.2, 0.25) is 0 Å². The maximum atomic E-state index is 12.0. The highest BCUT2D eigenvalue weighted by atomic mass is 16.1. The highest BCUT2D eigenvalue weighted by Gasteiger charge is 2.28. The van der Waals surface area contributed by atoms with E-state index in [1.54, 1.807) is 0 Å². The summed E-state index contributed by atoms with van der Waals surface area (Å²) >= 11 is 0. The number of amides is 1. The van der Waals surface area contributed by atoms with Gasteiger partial charge in [0.15, 0.2) is 0 Å². The van der Waals surface area contributed by atoms with E-state index in [4.69, 9.17) is 0 Å². The van der Waals surface area contributed by atoms with Crippen molar-refractivity contribution in [3.8, 4) is 0 Å². The number of carbonyl (C=O) groups excluding carboxylic acids is 1. The molecule has 1 aliphatic heterocycles. The Balaban J connectivity index is 1.64. The molecule has 2 atom stereocenters. The number of nitrogens with zero attached hydrogens (tertiary/aromatic N) is 1. The van der Waals surface area contributed by atoms with Gasteiger partial charge in [-0.2, -0.15) is 0 Å². The minimum atomic E-state index is 0.220. The van der Waals surface area contributed by atoms with Gasteiger partial charge in [0.1, 0.15) is 0 Å². The Labute approximate surface area is 110 Å². The number of hydrogen-bond acceptors (Lipinski definition) is 3. The second kappa shape index (κ2) is 6.53. The number of piperidine rings is 1. The van der Waals surface area contributed by atoms with Gasteiger partial charge in [0.25, 0.3) is 0 Å². The quantitative estimate of drug-likeness (QED) is 0.741. The van der Waals surface area contributed by atoms with Crippen LogP contribution in [-0.4, -0.2) is 49.1 Å². The van der Waals surface area contributed by atoms with E-state index < -0.39 is 0 Å². The fraction of sp³-hybridized carbons (Fsp3) is 0.929. The third-order valence-corrected chi connectivity index (χ3v) is 4.16. The van der Waals surface area contributed by atoms with E-state index in [2.05, 4.69) is 29.4 Å². The van der Waals surface area contributed by atoms with Crippen molar-refractivity contribution in [3.63, 3.8) is 0 Å². The average molecular weight is 253 g/mol. The predicted octanol–water partition coefficient (Wildman–Crippen LogP) is 0.975. The molecule has 4 heteroatoms. The summed E-state index contributed by atoms with van der Waals surface area (Å²) in [5.74, 6) is 0.479. The molecule has 4 nitrogen and oxygen atoms in total. The maximum absolute atomic E-state index is 12.0. The Bertz CT molecular complexity index is 278. The lowest BCUT2D eigenvalue weighted by atomic mass is 9.92. The second-order valence-electron chi connectivity index (χ2n) is 5.73. The Morgan fingerprint density at radius 1 is 1.39 bits per heavy atom. The van der Waals surface area contributed by atoms with Gasteiger partial charge in [0, 0.05) is 31.1 Å². The number of likely N-dealkylation sites (N-methyl/N-ethyl adjacent to an activating group) is 1.